The Morgan fingerprint density at radius 1 is 0.938 bits per heavy atom. The zero-order valence-corrected chi connectivity index (χ0v) is 18.2. The zero-order chi connectivity index (χ0) is 22.1. The molecule has 2 N–H and O–H groups in total. The summed E-state index contributed by atoms with van der Waals surface area (Å²) in [7, 11) is 0. The molecule has 6 heteroatoms. The van der Waals surface area contributed by atoms with E-state index in [1.807, 2.05) is 12.1 Å². The Labute approximate surface area is 188 Å². The second kappa shape index (κ2) is 8.87. The van der Waals surface area contributed by atoms with Crippen molar-refractivity contribution in [1.82, 2.24) is 15.5 Å². The predicted octanol–water partition coefficient (Wildman–Crippen LogP) is 3.26. The Bertz CT molecular complexity index is 1030. The number of amides is 3. The molecule has 5 rings (SSSR count). The van der Waals surface area contributed by atoms with Gasteiger partial charge in [-0.25, -0.2) is 0 Å². The standard InChI is InChI=1S/C26H29N3O3/c30-24-13-12-23(25(31)28-24)29-16-20-14-17(6-11-22(20)26(29)32)15-27-21-9-7-19(8-10-21)18-4-2-1-3-5-18/h1-6,11,14,19,21,23,27H,7-10,12-13,15-16H2,(H,28,30,31). The second-order valence-electron chi connectivity index (χ2n) is 9.23. The molecule has 2 heterocycles. The van der Waals surface area contributed by atoms with E-state index >= 15 is 0 Å². The number of hydrogen-bond acceptors (Lipinski definition) is 4. The summed E-state index contributed by atoms with van der Waals surface area (Å²) in [5, 5.41) is 6.05. The van der Waals surface area contributed by atoms with Crippen molar-refractivity contribution in [2.45, 2.75) is 69.6 Å². The summed E-state index contributed by atoms with van der Waals surface area (Å²) in [5.41, 5.74) is 4.25. The van der Waals surface area contributed by atoms with Gasteiger partial charge in [-0.05, 0) is 60.8 Å². The molecule has 0 spiro atoms. The highest BCUT2D eigenvalue weighted by Crippen LogP contribution is 2.33. The van der Waals surface area contributed by atoms with Crippen molar-refractivity contribution in [3.8, 4) is 0 Å². The number of carbonyl (C=O) groups excluding carboxylic acids is 3. The maximum Gasteiger partial charge on any atom is 0.255 e. The normalized spacial score (nSPS) is 25.6. The van der Waals surface area contributed by atoms with Gasteiger partial charge in [-0.3, -0.25) is 19.7 Å². The second-order valence-corrected chi connectivity index (χ2v) is 9.23. The van der Waals surface area contributed by atoms with Gasteiger partial charge in [0.15, 0.2) is 0 Å². The van der Waals surface area contributed by atoms with Crippen LogP contribution in [0.5, 0.6) is 0 Å². The van der Waals surface area contributed by atoms with Crippen molar-refractivity contribution < 1.29 is 14.4 Å². The largest absolute Gasteiger partial charge is 0.322 e. The van der Waals surface area contributed by atoms with Gasteiger partial charge in [0.25, 0.3) is 5.91 Å². The molecule has 6 nitrogen and oxygen atoms in total. The monoisotopic (exact) mass is 431 g/mol. The van der Waals surface area contributed by atoms with Gasteiger partial charge in [-0.1, -0.05) is 42.5 Å². The van der Waals surface area contributed by atoms with Gasteiger partial charge >= 0.3 is 0 Å². The topological polar surface area (TPSA) is 78.5 Å². The number of rotatable bonds is 5. The van der Waals surface area contributed by atoms with E-state index in [4.69, 9.17) is 0 Å². The van der Waals surface area contributed by atoms with Crippen LogP contribution in [0.25, 0.3) is 0 Å². The molecule has 0 bridgehead atoms. The van der Waals surface area contributed by atoms with Gasteiger partial charge in [0.2, 0.25) is 11.8 Å². The van der Waals surface area contributed by atoms with Crippen LogP contribution in [-0.2, 0) is 22.7 Å². The first-order valence-corrected chi connectivity index (χ1v) is 11.6. The van der Waals surface area contributed by atoms with E-state index in [-0.39, 0.29) is 24.1 Å². The van der Waals surface area contributed by atoms with Crippen LogP contribution in [0.3, 0.4) is 0 Å². The lowest BCUT2D eigenvalue weighted by Crippen LogP contribution is -2.52. The van der Waals surface area contributed by atoms with Gasteiger partial charge in [-0.15, -0.1) is 0 Å². The van der Waals surface area contributed by atoms with Crippen molar-refractivity contribution in [1.29, 1.82) is 0 Å². The maximum atomic E-state index is 12.8. The van der Waals surface area contributed by atoms with Gasteiger partial charge in [0.1, 0.15) is 6.04 Å². The summed E-state index contributed by atoms with van der Waals surface area (Å²) in [4.78, 5) is 38.1. The van der Waals surface area contributed by atoms with Crippen LogP contribution < -0.4 is 10.6 Å². The number of hydrogen-bond donors (Lipinski definition) is 2. The van der Waals surface area contributed by atoms with Crippen molar-refractivity contribution in [2.24, 2.45) is 0 Å². The molecule has 166 valence electrons. The number of benzene rings is 2. The number of fused-ring (bicyclic) bond motifs is 1. The Morgan fingerprint density at radius 2 is 1.72 bits per heavy atom. The van der Waals surface area contributed by atoms with Crippen molar-refractivity contribution in [3.63, 3.8) is 0 Å². The SMILES string of the molecule is O=C1CCC(N2Cc3cc(CNC4CCC(c5ccccc5)CC4)ccc3C2=O)C(=O)N1. The quantitative estimate of drug-likeness (QED) is 0.713. The van der Waals surface area contributed by atoms with Crippen LogP contribution in [0.2, 0.25) is 0 Å². The molecule has 2 aromatic carbocycles. The number of piperidine rings is 1. The molecule has 32 heavy (non-hydrogen) atoms. The molecule has 2 fully saturated rings. The van der Waals surface area contributed by atoms with Crippen molar-refractivity contribution in [2.75, 3.05) is 0 Å². The van der Waals surface area contributed by atoms with Gasteiger partial charge in [0, 0.05) is 31.1 Å². The van der Waals surface area contributed by atoms with Crippen LogP contribution in [0.15, 0.2) is 48.5 Å². The molecule has 2 aromatic rings. The third kappa shape index (κ3) is 4.19. The van der Waals surface area contributed by atoms with Gasteiger partial charge in [0.05, 0.1) is 0 Å². The van der Waals surface area contributed by atoms with E-state index in [1.165, 1.54) is 31.2 Å². The summed E-state index contributed by atoms with van der Waals surface area (Å²) >= 11 is 0. The highest BCUT2D eigenvalue weighted by atomic mass is 16.2. The Morgan fingerprint density at radius 3 is 2.47 bits per heavy atom. The smallest absolute Gasteiger partial charge is 0.255 e. The molecule has 1 unspecified atom stereocenters. The van der Waals surface area contributed by atoms with Crippen LogP contribution in [0, 0.1) is 0 Å². The Balaban J connectivity index is 1.16. The lowest BCUT2D eigenvalue weighted by Gasteiger charge is -2.29. The van der Waals surface area contributed by atoms with Crippen LogP contribution in [0.4, 0.5) is 0 Å². The number of nitrogens with zero attached hydrogens (tertiary/aromatic N) is 1. The number of carbonyl (C=O) groups is 3. The summed E-state index contributed by atoms with van der Waals surface area (Å²) < 4.78 is 0. The minimum absolute atomic E-state index is 0.117. The van der Waals surface area contributed by atoms with E-state index < -0.39 is 6.04 Å². The average Bonchev–Trinajstić information content (AvgIpc) is 3.14. The molecule has 3 aliphatic rings. The number of imide groups is 1. The lowest BCUT2D eigenvalue weighted by atomic mass is 9.82. The van der Waals surface area contributed by atoms with E-state index in [0.717, 1.165) is 17.7 Å². The molecule has 1 aliphatic carbocycles. The minimum Gasteiger partial charge on any atom is -0.322 e. The molecule has 1 atom stereocenters. The fourth-order valence-electron chi connectivity index (χ4n) is 5.36. The molecule has 0 aromatic heterocycles. The highest BCUT2D eigenvalue weighted by molar-refractivity contribution is 6.05. The van der Waals surface area contributed by atoms with Crippen molar-refractivity contribution in [3.05, 3.63) is 70.8 Å². The maximum absolute atomic E-state index is 12.8. The first kappa shape index (κ1) is 20.9. The molecule has 3 amide bonds. The molecular weight excluding hydrogens is 402 g/mol. The van der Waals surface area contributed by atoms with Crippen LogP contribution >= 0.6 is 0 Å². The zero-order valence-electron chi connectivity index (χ0n) is 18.2. The highest BCUT2D eigenvalue weighted by Gasteiger charge is 2.39. The predicted molar refractivity (Wildman–Crippen MR) is 121 cm³/mol. The first-order valence-electron chi connectivity index (χ1n) is 11.6. The summed E-state index contributed by atoms with van der Waals surface area (Å²) in [6.07, 6.45) is 5.43. The fourth-order valence-corrected chi connectivity index (χ4v) is 5.36. The summed E-state index contributed by atoms with van der Waals surface area (Å²) in [6, 6.07) is 16.7. The first-order chi connectivity index (χ1) is 15.6. The van der Waals surface area contributed by atoms with Gasteiger partial charge < -0.3 is 10.2 Å². The average molecular weight is 432 g/mol. The Hall–Kier alpha value is -2.99. The van der Waals surface area contributed by atoms with E-state index in [0.29, 0.717) is 30.5 Å². The van der Waals surface area contributed by atoms with Crippen LogP contribution in [0.1, 0.15) is 71.5 Å². The van der Waals surface area contributed by atoms with Crippen molar-refractivity contribution >= 4 is 17.7 Å². The summed E-state index contributed by atoms with van der Waals surface area (Å²) in [5.74, 6) is -0.0799. The third-order valence-corrected chi connectivity index (χ3v) is 7.18. The minimum atomic E-state index is -0.561. The molecule has 2 aliphatic heterocycles. The molecule has 1 saturated carbocycles. The Kier molecular flexibility index (Phi) is 5.79. The van der Waals surface area contributed by atoms with E-state index in [9.17, 15) is 14.4 Å². The third-order valence-electron chi connectivity index (χ3n) is 7.18. The van der Waals surface area contributed by atoms with Gasteiger partial charge in [-0.2, -0.15) is 0 Å². The number of nitrogens with one attached hydrogen (secondary N) is 2. The van der Waals surface area contributed by atoms with E-state index in [2.05, 4.69) is 47.0 Å². The molecule has 0 radical (unpaired) electrons. The lowest BCUT2D eigenvalue weighted by molar-refractivity contribution is -0.136. The van der Waals surface area contributed by atoms with Crippen LogP contribution in [-0.4, -0.2) is 34.7 Å². The molecule has 1 saturated heterocycles. The molecular formula is C26H29N3O3. The fraction of sp³-hybridized carbons (Fsp3) is 0.423. The van der Waals surface area contributed by atoms with E-state index in [1.54, 1.807) is 4.90 Å². The summed E-state index contributed by atoms with van der Waals surface area (Å²) in [6.45, 7) is 1.21.